The lowest BCUT2D eigenvalue weighted by Gasteiger charge is -2.15. The molecule has 2 aromatic rings. The van der Waals surface area contributed by atoms with Crippen LogP contribution in [0.15, 0.2) is 40.2 Å². The average Bonchev–Trinajstić information content (AvgIpc) is 2.85. The molecule has 0 fully saturated rings. The number of halogens is 2. The Morgan fingerprint density at radius 3 is 2.90 bits per heavy atom. The van der Waals surface area contributed by atoms with Gasteiger partial charge in [0.15, 0.2) is 0 Å². The molecule has 0 unspecified atom stereocenters. The van der Waals surface area contributed by atoms with Crippen molar-refractivity contribution in [2.24, 2.45) is 0 Å². The lowest BCUT2D eigenvalue weighted by molar-refractivity contribution is -0.117. The molecule has 0 aliphatic carbocycles. The van der Waals surface area contributed by atoms with Crippen molar-refractivity contribution in [3.63, 3.8) is 0 Å². The van der Waals surface area contributed by atoms with Crippen LogP contribution in [-0.2, 0) is 11.3 Å². The fourth-order valence-electron chi connectivity index (χ4n) is 1.75. The van der Waals surface area contributed by atoms with Gasteiger partial charge in [-0.3, -0.25) is 9.69 Å². The average molecular weight is 357 g/mol. The zero-order chi connectivity index (χ0) is 14.5. The fraction of sp³-hybridized carbons (Fsp3) is 0.214. The Morgan fingerprint density at radius 2 is 2.25 bits per heavy atom. The van der Waals surface area contributed by atoms with E-state index in [-0.39, 0.29) is 18.1 Å². The summed E-state index contributed by atoms with van der Waals surface area (Å²) in [5.41, 5.74) is 0.197. The number of benzene rings is 1. The van der Waals surface area contributed by atoms with E-state index in [0.717, 1.165) is 0 Å². The fourth-order valence-corrected chi connectivity index (χ4v) is 2.87. The predicted octanol–water partition coefficient (Wildman–Crippen LogP) is 3.72. The van der Waals surface area contributed by atoms with Crippen LogP contribution in [0.2, 0.25) is 0 Å². The van der Waals surface area contributed by atoms with Crippen LogP contribution in [0, 0.1) is 5.82 Å². The second-order valence-electron chi connectivity index (χ2n) is 4.42. The maximum absolute atomic E-state index is 13.6. The molecule has 1 aromatic carbocycles. The Hall–Kier alpha value is -1.24. The Bertz CT molecular complexity index is 589. The molecule has 0 saturated heterocycles. The maximum Gasteiger partial charge on any atom is 0.238 e. The van der Waals surface area contributed by atoms with Crippen LogP contribution < -0.4 is 5.32 Å². The van der Waals surface area contributed by atoms with Crippen LogP contribution in [0.4, 0.5) is 10.1 Å². The van der Waals surface area contributed by atoms with Gasteiger partial charge in [0.1, 0.15) is 5.82 Å². The molecule has 1 aromatic heterocycles. The molecule has 0 radical (unpaired) electrons. The van der Waals surface area contributed by atoms with Crippen LogP contribution >= 0.6 is 27.3 Å². The number of hydrogen-bond donors (Lipinski definition) is 1. The van der Waals surface area contributed by atoms with Crippen LogP contribution in [-0.4, -0.2) is 24.4 Å². The summed E-state index contributed by atoms with van der Waals surface area (Å²) in [6, 6.07) is 8.55. The number of hydrogen-bond acceptors (Lipinski definition) is 3. The number of carbonyl (C=O) groups excluding carboxylic acids is 1. The van der Waals surface area contributed by atoms with Gasteiger partial charge in [0.25, 0.3) is 0 Å². The lowest BCUT2D eigenvalue weighted by Crippen LogP contribution is -2.29. The molecule has 20 heavy (non-hydrogen) atoms. The first-order valence-corrected chi connectivity index (χ1v) is 7.67. The summed E-state index contributed by atoms with van der Waals surface area (Å²) in [7, 11) is 1.86. The minimum atomic E-state index is -0.450. The molecule has 2 rings (SSSR count). The molecule has 0 saturated carbocycles. The van der Waals surface area contributed by atoms with Crippen molar-refractivity contribution >= 4 is 38.9 Å². The normalized spacial score (nSPS) is 10.8. The van der Waals surface area contributed by atoms with E-state index < -0.39 is 5.82 Å². The first kappa shape index (κ1) is 15.2. The maximum atomic E-state index is 13.6. The minimum absolute atomic E-state index is 0.197. The molecule has 0 bridgehead atoms. The molecule has 106 valence electrons. The van der Waals surface area contributed by atoms with Crippen molar-refractivity contribution < 1.29 is 9.18 Å². The van der Waals surface area contributed by atoms with Crippen molar-refractivity contribution in [2.45, 2.75) is 6.54 Å². The summed E-state index contributed by atoms with van der Waals surface area (Å²) >= 11 is 4.82. The highest BCUT2D eigenvalue weighted by atomic mass is 79.9. The van der Waals surface area contributed by atoms with Gasteiger partial charge in [-0.2, -0.15) is 0 Å². The quantitative estimate of drug-likeness (QED) is 0.885. The monoisotopic (exact) mass is 356 g/mol. The van der Waals surface area contributed by atoms with Crippen molar-refractivity contribution in [1.82, 2.24) is 4.90 Å². The number of carbonyl (C=O) groups is 1. The highest BCUT2D eigenvalue weighted by molar-refractivity contribution is 9.10. The molecular weight excluding hydrogens is 343 g/mol. The molecule has 0 atom stereocenters. The third-order valence-electron chi connectivity index (χ3n) is 2.62. The van der Waals surface area contributed by atoms with Crippen LogP contribution in [0.3, 0.4) is 0 Å². The summed E-state index contributed by atoms with van der Waals surface area (Å²) in [4.78, 5) is 14.9. The SMILES string of the molecule is CN(CC(=O)Nc1ccc(Br)cc1F)Cc1cccs1. The van der Waals surface area contributed by atoms with E-state index in [1.165, 1.54) is 17.0 Å². The molecular formula is C14H14BrFN2OS. The van der Waals surface area contributed by atoms with Gasteiger partial charge in [0.05, 0.1) is 12.2 Å². The number of anilines is 1. The number of rotatable bonds is 5. The van der Waals surface area contributed by atoms with E-state index >= 15 is 0 Å². The molecule has 0 spiro atoms. The molecule has 3 nitrogen and oxygen atoms in total. The van der Waals surface area contributed by atoms with E-state index in [0.29, 0.717) is 11.0 Å². The van der Waals surface area contributed by atoms with Crippen molar-refractivity contribution in [3.05, 3.63) is 50.9 Å². The van der Waals surface area contributed by atoms with Crippen molar-refractivity contribution in [1.29, 1.82) is 0 Å². The topological polar surface area (TPSA) is 32.3 Å². The summed E-state index contributed by atoms with van der Waals surface area (Å²) in [6.07, 6.45) is 0. The summed E-state index contributed by atoms with van der Waals surface area (Å²) < 4.78 is 14.2. The highest BCUT2D eigenvalue weighted by Gasteiger charge is 2.10. The van der Waals surface area contributed by atoms with Crippen LogP contribution in [0.1, 0.15) is 4.88 Å². The van der Waals surface area contributed by atoms with Crippen LogP contribution in [0.5, 0.6) is 0 Å². The smallest absolute Gasteiger partial charge is 0.238 e. The summed E-state index contributed by atoms with van der Waals surface area (Å²) in [5.74, 6) is -0.682. The first-order chi connectivity index (χ1) is 9.54. The van der Waals surface area contributed by atoms with Crippen LogP contribution in [0.25, 0.3) is 0 Å². The molecule has 0 aliphatic rings. The Balaban J connectivity index is 1.88. The van der Waals surface area contributed by atoms with Gasteiger partial charge in [-0.15, -0.1) is 11.3 Å². The molecule has 0 aliphatic heterocycles. The molecule has 1 amide bonds. The molecule has 1 N–H and O–H groups in total. The van der Waals surface area contributed by atoms with Gasteiger partial charge < -0.3 is 5.32 Å². The number of nitrogens with one attached hydrogen (secondary N) is 1. The van der Waals surface area contributed by atoms with Gasteiger partial charge in [0, 0.05) is 15.9 Å². The third kappa shape index (κ3) is 4.40. The first-order valence-electron chi connectivity index (χ1n) is 6.00. The zero-order valence-corrected chi connectivity index (χ0v) is 13.3. The Morgan fingerprint density at radius 1 is 1.45 bits per heavy atom. The van der Waals surface area contributed by atoms with Gasteiger partial charge in [-0.05, 0) is 36.7 Å². The number of nitrogens with zero attached hydrogens (tertiary/aromatic N) is 1. The second-order valence-corrected chi connectivity index (χ2v) is 6.37. The van der Waals surface area contributed by atoms with Gasteiger partial charge >= 0.3 is 0 Å². The van der Waals surface area contributed by atoms with E-state index in [1.807, 2.05) is 29.5 Å². The number of thiophene rings is 1. The van der Waals surface area contributed by atoms with Gasteiger partial charge in [-0.1, -0.05) is 22.0 Å². The third-order valence-corrected chi connectivity index (χ3v) is 3.98. The Labute approximate surface area is 129 Å². The Kier molecular flexibility index (Phi) is 5.28. The second kappa shape index (κ2) is 6.97. The minimum Gasteiger partial charge on any atom is -0.322 e. The largest absolute Gasteiger partial charge is 0.322 e. The summed E-state index contributed by atoms with van der Waals surface area (Å²) in [6.45, 7) is 0.918. The van der Waals surface area contributed by atoms with Gasteiger partial charge in [-0.25, -0.2) is 4.39 Å². The van der Waals surface area contributed by atoms with E-state index in [1.54, 1.807) is 17.4 Å². The standard InChI is InChI=1S/C14H14BrFN2OS/c1-18(8-11-3-2-6-20-11)9-14(19)17-13-5-4-10(15)7-12(13)16/h2-7H,8-9H2,1H3,(H,17,19). The molecule has 6 heteroatoms. The van der Waals surface area contributed by atoms with Crippen molar-refractivity contribution in [2.75, 3.05) is 18.9 Å². The van der Waals surface area contributed by atoms with Gasteiger partial charge in [0.2, 0.25) is 5.91 Å². The van der Waals surface area contributed by atoms with E-state index in [9.17, 15) is 9.18 Å². The number of amides is 1. The lowest BCUT2D eigenvalue weighted by atomic mass is 10.3. The van der Waals surface area contributed by atoms with E-state index in [4.69, 9.17) is 0 Å². The molecule has 1 heterocycles. The summed E-state index contributed by atoms with van der Waals surface area (Å²) in [5, 5.41) is 4.58. The predicted molar refractivity (Wildman–Crippen MR) is 83.4 cm³/mol. The van der Waals surface area contributed by atoms with Crippen molar-refractivity contribution in [3.8, 4) is 0 Å². The number of likely N-dealkylation sites (N-methyl/N-ethyl adjacent to an activating group) is 1. The zero-order valence-electron chi connectivity index (χ0n) is 10.9. The highest BCUT2D eigenvalue weighted by Crippen LogP contribution is 2.19. The van der Waals surface area contributed by atoms with E-state index in [2.05, 4.69) is 21.2 Å².